The zero-order chi connectivity index (χ0) is 14.4. The van der Waals surface area contributed by atoms with E-state index in [9.17, 15) is 4.79 Å². The molecule has 1 aromatic heterocycles. The van der Waals surface area contributed by atoms with Gasteiger partial charge in [-0.1, -0.05) is 0 Å². The number of carbonyl (C=O) groups is 1. The number of benzene rings is 1. The zero-order valence-electron chi connectivity index (χ0n) is 11.5. The van der Waals surface area contributed by atoms with E-state index in [4.69, 9.17) is 9.15 Å². The second kappa shape index (κ2) is 6.72. The summed E-state index contributed by atoms with van der Waals surface area (Å²) in [6.45, 7) is 2.43. The Morgan fingerprint density at radius 2 is 2.10 bits per heavy atom. The average molecular weight is 275 g/mol. The van der Waals surface area contributed by atoms with Gasteiger partial charge in [0, 0.05) is 5.69 Å². The summed E-state index contributed by atoms with van der Waals surface area (Å²) in [5, 5.41) is 5.74. The van der Waals surface area contributed by atoms with Gasteiger partial charge in [-0.25, -0.2) is 4.98 Å². The maximum Gasteiger partial charge on any atom is 0.238 e. The Kier molecular flexibility index (Phi) is 4.73. The molecule has 0 radical (unpaired) electrons. The highest BCUT2D eigenvalue weighted by molar-refractivity contribution is 5.92. The lowest BCUT2D eigenvalue weighted by atomic mass is 10.3. The Morgan fingerprint density at radius 1 is 1.35 bits per heavy atom. The highest BCUT2D eigenvalue weighted by Gasteiger charge is 2.04. The molecule has 1 amide bonds. The lowest BCUT2D eigenvalue weighted by Crippen LogP contribution is -2.27. The molecule has 0 fully saturated rings. The maximum atomic E-state index is 11.7. The van der Waals surface area contributed by atoms with Crippen LogP contribution in [0, 0.1) is 6.92 Å². The number of nitrogens with one attached hydrogen (secondary N) is 2. The van der Waals surface area contributed by atoms with Crippen molar-refractivity contribution in [1.82, 2.24) is 10.3 Å². The van der Waals surface area contributed by atoms with Crippen LogP contribution in [0.5, 0.6) is 5.75 Å². The molecule has 106 valence electrons. The minimum Gasteiger partial charge on any atom is -0.497 e. The molecule has 0 aliphatic carbocycles. The van der Waals surface area contributed by atoms with E-state index < -0.39 is 0 Å². The van der Waals surface area contributed by atoms with Gasteiger partial charge < -0.3 is 14.5 Å². The predicted octanol–water partition coefficient (Wildman–Crippen LogP) is 1.72. The Balaban J connectivity index is 1.74. The van der Waals surface area contributed by atoms with Crippen molar-refractivity contribution in [1.29, 1.82) is 0 Å². The summed E-state index contributed by atoms with van der Waals surface area (Å²) in [4.78, 5) is 15.7. The molecule has 0 aliphatic heterocycles. The van der Waals surface area contributed by atoms with E-state index in [-0.39, 0.29) is 12.5 Å². The minimum absolute atomic E-state index is 0.126. The Bertz CT molecular complexity index is 563. The Hall–Kier alpha value is -2.34. The van der Waals surface area contributed by atoms with Crippen molar-refractivity contribution < 1.29 is 13.9 Å². The lowest BCUT2D eigenvalue weighted by Gasteiger charge is -2.06. The van der Waals surface area contributed by atoms with Gasteiger partial charge in [-0.05, 0) is 31.2 Å². The number of ether oxygens (including phenoxy) is 1. The first-order valence-corrected chi connectivity index (χ1v) is 6.23. The number of aryl methyl sites for hydroxylation is 1. The molecule has 6 heteroatoms. The van der Waals surface area contributed by atoms with Crippen molar-refractivity contribution in [2.24, 2.45) is 0 Å². The van der Waals surface area contributed by atoms with Crippen molar-refractivity contribution >= 4 is 11.6 Å². The van der Waals surface area contributed by atoms with Crippen molar-refractivity contribution in [2.45, 2.75) is 13.5 Å². The normalized spacial score (nSPS) is 10.3. The van der Waals surface area contributed by atoms with Crippen molar-refractivity contribution in [3.05, 3.63) is 42.1 Å². The molecule has 0 aliphatic rings. The van der Waals surface area contributed by atoms with E-state index in [0.717, 1.165) is 17.2 Å². The first-order chi connectivity index (χ1) is 9.67. The molecule has 20 heavy (non-hydrogen) atoms. The summed E-state index contributed by atoms with van der Waals surface area (Å²) in [6.07, 6.45) is 1.65. The molecule has 2 rings (SSSR count). The molecule has 0 spiro atoms. The van der Waals surface area contributed by atoms with Crippen LogP contribution < -0.4 is 15.4 Å². The fraction of sp³-hybridized carbons (Fsp3) is 0.286. The molecule has 0 bridgehead atoms. The molecular formula is C14H17N3O3. The summed E-state index contributed by atoms with van der Waals surface area (Å²) in [7, 11) is 1.60. The predicted molar refractivity (Wildman–Crippen MR) is 74.6 cm³/mol. The van der Waals surface area contributed by atoms with E-state index in [1.165, 1.54) is 0 Å². The molecule has 2 aromatic rings. The monoisotopic (exact) mass is 275 g/mol. The molecule has 6 nitrogen and oxygen atoms in total. The molecule has 0 saturated heterocycles. The second-order valence-corrected chi connectivity index (χ2v) is 4.24. The van der Waals surface area contributed by atoms with Crippen LogP contribution in [0.4, 0.5) is 5.69 Å². The topological polar surface area (TPSA) is 76.4 Å². The zero-order valence-corrected chi connectivity index (χ0v) is 11.5. The van der Waals surface area contributed by atoms with Gasteiger partial charge in [-0.2, -0.15) is 0 Å². The first kappa shape index (κ1) is 14.1. The average Bonchev–Trinajstić information content (AvgIpc) is 2.85. The largest absolute Gasteiger partial charge is 0.497 e. The first-order valence-electron chi connectivity index (χ1n) is 6.23. The van der Waals surface area contributed by atoms with Gasteiger partial charge in [-0.3, -0.25) is 10.1 Å². The van der Waals surface area contributed by atoms with Gasteiger partial charge in [0.25, 0.3) is 0 Å². The van der Waals surface area contributed by atoms with E-state index in [1.807, 2.05) is 6.92 Å². The minimum atomic E-state index is -0.126. The molecular weight excluding hydrogens is 258 g/mol. The number of carbonyl (C=O) groups excluding carboxylic acids is 1. The van der Waals surface area contributed by atoms with Crippen LogP contribution in [0.3, 0.4) is 0 Å². The van der Waals surface area contributed by atoms with Crippen LogP contribution in [-0.2, 0) is 11.3 Å². The van der Waals surface area contributed by atoms with E-state index in [0.29, 0.717) is 12.4 Å². The number of nitrogens with zero attached hydrogens (tertiary/aromatic N) is 1. The third-order valence-corrected chi connectivity index (χ3v) is 2.60. The fourth-order valence-electron chi connectivity index (χ4n) is 1.65. The smallest absolute Gasteiger partial charge is 0.238 e. The van der Waals surface area contributed by atoms with Gasteiger partial charge in [0.2, 0.25) is 11.8 Å². The molecule has 1 heterocycles. The van der Waals surface area contributed by atoms with Gasteiger partial charge in [0.05, 0.1) is 26.4 Å². The van der Waals surface area contributed by atoms with Gasteiger partial charge in [-0.15, -0.1) is 0 Å². The van der Waals surface area contributed by atoms with Crippen molar-refractivity contribution in [3.63, 3.8) is 0 Å². The molecule has 0 unspecified atom stereocenters. The number of rotatable bonds is 6. The highest BCUT2D eigenvalue weighted by Crippen LogP contribution is 2.14. The number of aromatic nitrogens is 1. The van der Waals surface area contributed by atoms with Crippen molar-refractivity contribution in [2.75, 3.05) is 19.0 Å². The summed E-state index contributed by atoms with van der Waals surface area (Å²) < 4.78 is 10.3. The van der Waals surface area contributed by atoms with E-state index in [1.54, 1.807) is 37.6 Å². The quantitative estimate of drug-likeness (QED) is 0.839. The van der Waals surface area contributed by atoms with Crippen LogP contribution in [-0.4, -0.2) is 24.5 Å². The lowest BCUT2D eigenvalue weighted by molar-refractivity contribution is -0.115. The molecule has 0 saturated carbocycles. The van der Waals surface area contributed by atoms with Crippen LogP contribution >= 0.6 is 0 Å². The van der Waals surface area contributed by atoms with Crippen LogP contribution in [0.25, 0.3) is 0 Å². The summed E-state index contributed by atoms with van der Waals surface area (Å²) in [6, 6.07) is 7.15. The number of hydrogen-bond donors (Lipinski definition) is 2. The molecule has 0 atom stereocenters. The Labute approximate surface area is 117 Å². The number of methoxy groups -OCH3 is 1. The van der Waals surface area contributed by atoms with Crippen LogP contribution in [0.2, 0.25) is 0 Å². The SMILES string of the molecule is COc1ccc(NC(=O)CNCc2ncc(C)o2)cc1. The third-order valence-electron chi connectivity index (χ3n) is 2.60. The number of anilines is 1. The van der Waals surface area contributed by atoms with E-state index >= 15 is 0 Å². The van der Waals surface area contributed by atoms with Crippen LogP contribution in [0.15, 0.2) is 34.9 Å². The summed E-state index contributed by atoms with van der Waals surface area (Å²) in [5.41, 5.74) is 0.726. The standard InChI is InChI=1S/C14H17N3O3/c1-10-7-16-14(20-10)9-15-8-13(18)17-11-3-5-12(19-2)6-4-11/h3-7,15H,8-9H2,1-2H3,(H,17,18). The number of amides is 1. The summed E-state index contributed by atoms with van der Waals surface area (Å²) >= 11 is 0. The summed E-state index contributed by atoms with van der Waals surface area (Å²) in [5.74, 6) is 1.95. The second-order valence-electron chi connectivity index (χ2n) is 4.24. The van der Waals surface area contributed by atoms with Gasteiger partial charge in [0.1, 0.15) is 11.5 Å². The highest BCUT2D eigenvalue weighted by atomic mass is 16.5. The molecule has 2 N–H and O–H groups in total. The van der Waals surface area contributed by atoms with Gasteiger partial charge in [0.15, 0.2) is 0 Å². The van der Waals surface area contributed by atoms with Crippen molar-refractivity contribution in [3.8, 4) is 5.75 Å². The van der Waals surface area contributed by atoms with Crippen LogP contribution in [0.1, 0.15) is 11.7 Å². The van der Waals surface area contributed by atoms with E-state index in [2.05, 4.69) is 15.6 Å². The maximum absolute atomic E-state index is 11.7. The molecule has 1 aromatic carbocycles. The fourth-order valence-corrected chi connectivity index (χ4v) is 1.65. The third kappa shape index (κ3) is 4.10. The number of hydrogen-bond acceptors (Lipinski definition) is 5. The number of oxazole rings is 1. The van der Waals surface area contributed by atoms with Gasteiger partial charge >= 0.3 is 0 Å². The Morgan fingerprint density at radius 3 is 2.70 bits per heavy atom.